The Balaban J connectivity index is 0.955. The van der Waals surface area contributed by atoms with E-state index in [2.05, 4.69) is 244 Å². The van der Waals surface area contributed by atoms with Crippen LogP contribution in [0.5, 0.6) is 0 Å². The summed E-state index contributed by atoms with van der Waals surface area (Å²) in [6.45, 7) is 23.3. The van der Waals surface area contributed by atoms with E-state index in [4.69, 9.17) is 0 Å². The van der Waals surface area contributed by atoms with Crippen LogP contribution in [0, 0.1) is 41.5 Å². The zero-order valence-electron chi connectivity index (χ0n) is 39.2. The summed E-state index contributed by atoms with van der Waals surface area (Å²) >= 11 is 0. The number of nitrogens with zero attached hydrogens (tertiary/aromatic N) is 1. The molecule has 0 unspecified atom stereocenters. The predicted octanol–water partition coefficient (Wildman–Crippen LogP) is 14.3. The topological polar surface area (TPSA) is 3.24 Å². The Labute approximate surface area is 382 Å². The molecule has 0 saturated carbocycles. The molecule has 1 nitrogen and oxygen atoms in total. The molecule has 8 aromatic rings. The molecule has 0 spiro atoms. The van der Waals surface area contributed by atoms with Gasteiger partial charge in [-0.15, -0.1) is 0 Å². The molecule has 2 heteroatoms. The number of hydrogen-bond donors (Lipinski definition) is 0. The lowest BCUT2D eigenvalue weighted by atomic mass is 9.34. The zero-order valence-corrected chi connectivity index (χ0v) is 39.2. The van der Waals surface area contributed by atoms with Gasteiger partial charge in [-0.1, -0.05) is 211 Å². The molecule has 314 valence electrons. The number of anilines is 3. The fourth-order valence-corrected chi connectivity index (χ4v) is 11.6. The first kappa shape index (κ1) is 41.4. The van der Waals surface area contributed by atoms with E-state index in [1.54, 1.807) is 0 Å². The molecule has 0 fully saturated rings. The standard InChI is InChI=1S/C62H58BN/c1-39-32-41(3)59(42(4)33-39)63(60-43(5)34-40(2)35-44(60)6)47-25-30-53-52-29-24-46(36-56(52)62(9,10)57(53)37-47)21-20-45-22-26-49(27-23-45)64(48-16-12-11-13-17-48)50-28-31-54-51-18-14-15-19-55(51)61(7,8)58(54)38-50/h11-38H,1-10H3/b21-20+. The Morgan fingerprint density at radius 3 is 1.44 bits per heavy atom. The van der Waals surface area contributed by atoms with Gasteiger partial charge in [-0.3, -0.25) is 0 Å². The monoisotopic (exact) mass is 827 g/mol. The highest BCUT2D eigenvalue weighted by atomic mass is 15.1. The number of benzene rings is 8. The van der Waals surface area contributed by atoms with Crippen LogP contribution in [-0.2, 0) is 10.8 Å². The Kier molecular flexibility index (Phi) is 10.1. The lowest BCUT2D eigenvalue weighted by molar-refractivity contribution is 0.660. The van der Waals surface area contributed by atoms with Crippen LogP contribution in [0.15, 0.2) is 158 Å². The van der Waals surface area contributed by atoms with E-state index < -0.39 is 0 Å². The van der Waals surface area contributed by atoms with Crippen molar-refractivity contribution in [3.63, 3.8) is 0 Å². The van der Waals surface area contributed by atoms with Crippen LogP contribution in [0.4, 0.5) is 17.1 Å². The minimum atomic E-state index is -0.151. The molecule has 0 saturated heterocycles. The molecule has 2 aliphatic carbocycles. The molecule has 0 aromatic heterocycles. The van der Waals surface area contributed by atoms with Crippen molar-refractivity contribution >= 4 is 52.3 Å². The molecule has 10 rings (SSSR count). The van der Waals surface area contributed by atoms with Crippen LogP contribution in [0.3, 0.4) is 0 Å². The van der Waals surface area contributed by atoms with E-state index in [0.717, 1.165) is 11.4 Å². The van der Waals surface area contributed by atoms with Gasteiger partial charge in [0.15, 0.2) is 0 Å². The predicted molar refractivity (Wildman–Crippen MR) is 278 cm³/mol. The third-order valence-corrected chi connectivity index (χ3v) is 14.6. The minimum absolute atomic E-state index is 0.0688. The quantitative estimate of drug-likeness (QED) is 0.109. The summed E-state index contributed by atoms with van der Waals surface area (Å²) in [6.07, 6.45) is 4.53. The molecule has 64 heavy (non-hydrogen) atoms. The van der Waals surface area contributed by atoms with Gasteiger partial charge >= 0.3 is 0 Å². The van der Waals surface area contributed by atoms with Gasteiger partial charge in [-0.25, -0.2) is 0 Å². The molecule has 2 aliphatic rings. The van der Waals surface area contributed by atoms with Crippen LogP contribution < -0.4 is 21.3 Å². The van der Waals surface area contributed by atoms with Crippen LogP contribution in [-0.4, -0.2) is 6.71 Å². The molecule has 0 amide bonds. The summed E-state index contributed by atoms with van der Waals surface area (Å²) in [7, 11) is 0. The van der Waals surface area contributed by atoms with Gasteiger partial charge in [-0.2, -0.15) is 0 Å². The summed E-state index contributed by atoms with van der Waals surface area (Å²) in [6, 6.07) is 59.5. The van der Waals surface area contributed by atoms with Crippen LogP contribution in [0.1, 0.15) is 94.5 Å². The number of rotatable bonds is 8. The normalized spacial score (nSPS) is 14.0. The van der Waals surface area contributed by atoms with Crippen LogP contribution >= 0.6 is 0 Å². The summed E-state index contributed by atoms with van der Waals surface area (Å²) in [5.41, 5.74) is 28.9. The Bertz CT molecular complexity index is 3060. The molecule has 0 heterocycles. The Hall–Kier alpha value is -6.64. The van der Waals surface area contributed by atoms with Crippen molar-refractivity contribution in [2.75, 3.05) is 4.90 Å². The van der Waals surface area contributed by atoms with Crippen molar-refractivity contribution in [2.45, 2.75) is 80.1 Å². The third kappa shape index (κ3) is 6.87. The zero-order chi connectivity index (χ0) is 44.7. The maximum atomic E-state index is 2.54. The average Bonchev–Trinajstić information content (AvgIpc) is 3.64. The summed E-state index contributed by atoms with van der Waals surface area (Å²) in [5.74, 6) is 0. The van der Waals surface area contributed by atoms with Crippen molar-refractivity contribution in [1.82, 2.24) is 0 Å². The first-order valence-electron chi connectivity index (χ1n) is 23.0. The van der Waals surface area contributed by atoms with Crippen LogP contribution in [0.2, 0.25) is 0 Å². The summed E-state index contributed by atoms with van der Waals surface area (Å²) < 4.78 is 0. The van der Waals surface area contributed by atoms with Gasteiger partial charge in [0, 0.05) is 27.9 Å². The molecule has 0 atom stereocenters. The molecule has 8 aromatic carbocycles. The fraction of sp³-hybridized carbons (Fsp3) is 0.194. The minimum Gasteiger partial charge on any atom is -0.310 e. The third-order valence-electron chi connectivity index (χ3n) is 14.6. The van der Waals surface area contributed by atoms with Gasteiger partial charge in [0.25, 0.3) is 0 Å². The van der Waals surface area contributed by atoms with Crippen molar-refractivity contribution in [2.24, 2.45) is 0 Å². The van der Waals surface area contributed by atoms with E-state index in [1.165, 1.54) is 111 Å². The van der Waals surface area contributed by atoms with E-state index >= 15 is 0 Å². The highest BCUT2D eigenvalue weighted by molar-refractivity contribution is 6.96. The maximum absolute atomic E-state index is 2.54. The molecule has 0 aliphatic heterocycles. The second-order valence-electron chi connectivity index (χ2n) is 19.8. The summed E-state index contributed by atoms with van der Waals surface area (Å²) in [4.78, 5) is 2.38. The summed E-state index contributed by atoms with van der Waals surface area (Å²) in [5, 5.41) is 0. The van der Waals surface area contributed by atoms with Crippen LogP contribution in [0.25, 0.3) is 34.4 Å². The van der Waals surface area contributed by atoms with Gasteiger partial charge < -0.3 is 4.90 Å². The van der Waals surface area contributed by atoms with E-state index in [0.29, 0.717) is 0 Å². The largest absolute Gasteiger partial charge is 0.310 e. The molecule has 0 radical (unpaired) electrons. The van der Waals surface area contributed by atoms with Gasteiger partial charge in [0.05, 0.1) is 0 Å². The van der Waals surface area contributed by atoms with E-state index in [1.807, 2.05) is 0 Å². The first-order valence-corrected chi connectivity index (χ1v) is 23.0. The van der Waals surface area contributed by atoms with Crippen molar-refractivity contribution < 1.29 is 0 Å². The number of fused-ring (bicyclic) bond motifs is 6. The Morgan fingerprint density at radius 1 is 0.375 bits per heavy atom. The van der Waals surface area contributed by atoms with Gasteiger partial charge in [-0.05, 0) is 134 Å². The smallest absolute Gasteiger partial charge is 0.242 e. The van der Waals surface area contributed by atoms with Gasteiger partial charge in [0.1, 0.15) is 0 Å². The highest BCUT2D eigenvalue weighted by Gasteiger charge is 2.38. The Morgan fingerprint density at radius 2 is 0.812 bits per heavy atom. The second kappa shape index (κ2) is 15.6. The van der Waals surface area contributed by atoms with Gasteiger partial charge in [0.2, 0.25) is 6.71 Å². The number of hydrogen-bond acceptors (Lipinski definition) is 1. The average molecular weight is 828 g/mol. The molecule has 0 bridgehead atoms. The lowest BCUT2D eigenvalue weighted by Crippen LogP contribution is -2.56. The molecular weight excluding hydrogens is 770 g/mol. The maximum Gasteiger partial charge on any atom is 0.242 e. The van der Waals surface area contributed by atoms with E-state index in [9.17, 15) is 0 Å². The number of para-hydroxylation sites is 1. The van der Waals surface area contributed by atoms with Crippen molar-refractivity contribution in [3.8, 4) is 22.3 Å². The lowest BCUT2D eigenvalue weighted by Gasteiger charge is -2.28. The second-order valence-corrected chi connectivity index (χ2v) is 19.8. The SMILES string of the molecule is Cc1cc(C)c(B(c2ccc3c(c2)C(C)(C)c2cc(/C=C/c4ccc(N(c5ccccc5)c5ccc6c(c5)C(C)(C)c5ccccc5-6)cc4)ccc2-3)c2c(C)cc(C)cc2C)c(C)c1. The van der Waals surface area contributed by atoms with E-state index in [-0.39, 0.29) is 17.5 Å². The number of aryl methyl sites for hydroxylation is 6. The van der Waals surface area contributed by atoms with Crippen molar-refractivity contribution in [1.29, 1.82) is 0 Å². The fourth-order valence-electron chi connectivity index (χ4n) is 11.6. The highest BCUT2D eigenvalue weighted by Crippen LogP contribution is 2.51. The van der Waals surface area contributed by atoms with Crippen molar-refractivity contribution in [3.05, 3.63) is 224 Å². The molecule has 0 N–H and O–H groups in total. The first-order chi connectivity index (χ1) is 30.7. The molecular formula is C62H58BN.